The van der Waals surface area contributed by atoms with Gasteiger partial charge < -0.3 is 10.5 Å². The number of rotatable bonds is 5. The Morgan fingerprint density at radius 2 is 1.95 bits per heavy atom. The standard InChI is InChI=1S/C17H28N2O/c1-13-10-14(2)12-16(11-13)20-9-8-19-7-5-4-6-17(19)15(3)18/h10-12,15,17H,4-9,18H2,1-3H3. The Bertz CT molecular complexity index is 411. The van der Waals surface area contributed by atoms with Crippen molar-refractivity contribution in [2.45, 2.75) is 52.1 Å². The molecule has 20 heavy (non-hydrogen) atoms. The summed E-state index contributed by atoms with van der Waals surface area (Å²) >= 11 is 0. The van der Waals surface area contributed by atoms with E-state index in [2.05, 4.69) is 43.9 Å². The van der Waals surface area contributed by atoms with Crippen LogP contribution in [0.4, 0.5) is 0 Å². The molecule has 0 saturated carbocycles. The van der Waals surface area contributed by atoms with Crippen molar-refractivity contribution in [2.75, 3.05) is 19.7 Å². The fourth-order valence-electron chi connectivity index (χ4n) is 3.19. The first-order chi connectivity index (χ1) is 9.56. The fourth-order valence-corrected chi connectivity index (χ4v) is 3.19. The second-order valence-corrected chi connectivity index (χ2v) is 6.13. The first-order valence-corrected chi connectivity index (χ1v) is 7.77. The van der Waals surface area contributed by atoms with E-state index in [-0.39, 0.29) is 6.04 Å². The van der Waals surface area contributed by atoms with Crippen LogP contribution in [0.1, 0.15) is 37.3 Å². The molecule has 1 aromatic carbocycles. The van der Waals surface area contributed by atoms with Gasteiger partial charge in [-0.2, -0.15) is 0 Å². The molecule has 2 N–H and O–H groups in total. The lowest BCUT2D eigenvalue weighted by Crippen LogP contribution is -2.50. The number of benzene rings is 1. The molecule has 1 aromatic rings. The molecule has 0 radical (unpaired) electrons. The van der Waals surface area contributed by atoms with E-state index in [4.69, 9.17) is 10.5 Å². The van der Waals surface area contributed by atoms with E-state index < -0.39 is 0 Å². The zero-order valence-electron chi connectivity index (χ0n) is 13.1. The second kappa shape index (κ2) is 7.09. The summed E-state index contributed by atoms with van der Waals surface area (Å²) in [6.07, 6.45) is 3.81. The molecule has 0 spiro atoms. The summed E-state index contributed by atoms with van der Waals surface area (Å²) in [7, 11) is 0. The monoisotopic (exact) mass is 276 g/mol. The predicted octanol–water partition coefficient (Wildman–Crippen LogP) is 2.88. The van der Waals surface area contributed by atoms with Crippen molar-refractivity contribution < 1.29 is 4.74 Å². The van der Waals surface area contributed by atoms with E-state index in [0.29, 0.717) is 6.04 Å². The van der Waals surface area contributed by atoms with Gasteiger partial charge in [0.2, 0.25) is 0 Å². The molecule has 0 amide bonds. The molecular weight excluding hydrogens is 248 g/mol. The van der Waals surface area contributed by atoms with Crippen molar-refractivity contribution in [3.8, 4) is 5.75 Å². The smallest absolute Gasteiger partial charge is 0.119 e. The highest BCUT2D eigenvalue weighted by Crippen LogP contribution is 2.20. The van der Waals surface area contributed by atoms with Crippen LogP contribution in [0.3, 0.4) is 0 Å². The van der Waals surface area contributed by atoms with Crippen molar-refractivity contribution in [1.29, 1.82) is 0 Å². The van der Waals surface area contributed by atoms with Crippen molar-refractivity contribution in [1.82, 2.24) is 4.90 Å². The topological polar surface area (TPSA) is 38.5 Å². The number of nitrogens with zero attached hydrogens (tertiary/aromatic N) is 1. The molecule has 1 aliphatic heterocycles. The number of likely N-dealkylation sites (tertiary alicyclic amines) is 1. The average molecular weight is 276 g/mol. The molecule has 3 nitrogen and oxygen atoms in total. The van der Waals surface area contributed by atoms with Gasteiger partial charge in [-0.05, 0) is 63.4 Å². The lowest BCUT2D eigenvalue weighted by atomic mass is 9.97. The summed E-state index contributed by atoms with van der Waals surface area (Å²) in [6, 6.07) is 7.14. The highest BCUT2D eigenvalue weighted by molar-refractivity contribution is 5.32. The number of ether oxygens (including phenoxy) is 1. The average Bonchev–Trinajstić information content (AvgIpc) is 2.38. The van der Waals surface area contributed by atoms with Gasteiger partial charge in [-0.3, -0.25) is 4.90 Å². The quantitative estimate of drug-likeness (QED) is 0.898. The fraction of sp³-hybridized carbons (Fsp3) is 0.647. The minimum atomic E-state index is 0.247. The molecule has 112 valence electrons. The molecule has 0 bridgehead atoms. The number of hydrogen-bond acceptors (Lipinski definition) is 3. The summed E-state index contributed by atoms with van der Waals surface area (Å²) < 4.78 is 5.92. The minimum Gasteiger partial charge on any atom is -0.492 e. The van der Waals surface area contributed by atoms with Crippen LogP contribution in [-0.4, -0.2) is 36.7 Å². The summed E-state index contributed by atoms with van der Waals surface area (Å²) in [5.74, 6) is 0.983. The molecule has 2 atom stereocenters. The van der Waals surface area contributed by atoms with Gasteiger partial charge in [0.25, 0.3) is 0 Å². The molecule has 0 aromatic heterocycles. The van der Waals surface area contributed by atoms with Crippen LogP contribution in [0.5, 0.6) is 5.75 Å². The van der Waals surface area contributed by atoms with Crippen molar-refractivity contribution in [3.63, 3.8) is 0 Å². The molecule has 1 saturated heterocycles. The number of piperidine rings is 1. The normalized spacial score (nSPS) is 21.7. The molecule has 2 rings (SSSR count). The minimum absolute atomic E-state index is 0.247. The summed E-state index contributed by atoms with van der Waals surface area (Å²) in [4.78, 5) is 2.50. The Hall–Kier alpha value is -1.06. The first kappa shape index (κ1) is 15.3. The predicted molar refractivity (Wildman–Crippen MR) is 84.3 cm³/mol. The molecular formula is C17H28N2O. The van der Waals surface area contributed by atoms with Gasteiger partial charge >= 0.3 is 0 Å². The molecule has 0 aliphatic carbocycles. The highest BCUT2D eigenvalue weighted by Gasteiger charge is 2.24. The Morgan fingerprint density at radius 3 is 2.60 bits per heavy atom. The lowest BCUT2D eigenvalue weighted by Gasteiger charge is -2.37. The van der Waals surface area contributed by atoms with Gasteiger partial charge in [0.1, 0.15) is 12.4 Å². The molecule has 3 heteroatoms. The van der Waals surface area contributed by atoms with Gasteiger partial charge in [-0.15, -0.1) is 0 Å². The van der Waals surface area contributed by atoms with Crippen LogP contribution in [0, 0.1) is 13.8 Å². The van der Waals surface area contributed by atoms with Gasteiger partial charge in [0.15, 0.2) is 0 Å². The first-order valence-electron chi connectivity index (χ1n) is 7.77. The van der Waals surface area contributed by atoms with Gasteiger partial charge in [0.05, 0.1) is 0 Å². The van der Waals surface area contributed by atoms with Gasteiger partial charge in [-0.25, -0.2) is 0 Å². The number of nitrogens with two attached hydrogens (primary N) is 1. The Labute approximate surface area is 123 Å². The van der Waals surface area contributed by atoms with Crippen molar-refractivity contribution in [2.24, 2.45) is 5.73 Å². The maximum absolute atomic E-state index is 6.10. The van der Waals surface area contributed by atoms with Crippen LogP contribution in [0.15, 0.2) is 18.2 Å². The Balaban J connectivity index is 1.85. The Kier molecular flexibility index (Phi) is 5.44. The van der Waals surface area contributed by atoms with E-state index in [0.717, 1.165) is 25.4 Å². The Morgan fingerprint density at radius 1 is 1.25 bits per heavy atom. The third kappa shape index (κ3) is 4.22. The highest BCUT2D eigenvalue weighted by atomic mass is 16.5. The van der Waals surface area contributed by atoms with E-state index >= 15 is 0 Å². The second-order valence-electron chi connectivity index (χ2n) is 6.13. The van der Waals surface area contributed by atoms with E-state index in [1.807, 2.05) is 0 Å². The zero-order valence-corrected chi connectivity index (χ0v) is 13.1. The number of hydrogen-bond donors (Lipinski definition) is 1. The van der Waals surface area contributed by atoms with Gasteiger partial charge in [-0.1, -0.05) is 12.5 Å². The SMILES string of the molecule is Cc1cc(C)cc(OCCN2CCCCC2C(C)N)c1. The lowest BCUT2D eigenvalue weighted by molar-refractivity contribution is 0.109. The maximum atomic E-state index is 6.10. The number of aryl methyl sites for hydroxylation is 2. The van der Waals surface area contributed by atoms with E-state index in [1.54, 1.807) is 0 Å². The summed E-state index contributed by atoms with van der Waals surface area (Å²) in [5, 5.41) is 0. The largest absolute Gasteiger partial charge is 0.492 e. The summed E-state index contributed by atoms with van der Waals surface area (Å²) in [6.45, 7) is 9.20. The molecule has 1 fully saturated rings. The van der Waals surface area contributed by atoms with Crippen LogP contribution >= 0.6 is 0 Å². The third-order valence-corrected chi connectivity index (χ3v) is 4.11. The zero-order chi connectivity index (χ0) is 14.5. The van der Waals surface area contributed by atoms with E-state index in [9.17, 15) is 0 Å². The summed E-state index contributed by atoms with van der Waals surface area (Å²) in [5.41, 5.74) is 8.61. The maximum Gasteiger partial charge on any atom is 0.119 e. The molecule has 1 aliphatic rings. The van der Waals surface area contributed by atoms with Crippen LogP contribution in [-0.2, 0) is 0 Å². The van der Waals surface area contributed by atoms with E-state index in [1.165, 1.54) is 30.4 Å². The molecule has 2 unspecified atom stereocenters. The van der Waals surface area contributed by atoms with Gasteiger partial charge in [0, 0.05) is 18.6 Å². The third-order valence-electron chi connectivity index (χ3n) is 4.11. The van der Waals surface area contributed by atoms with Crippen molar-refractivity contribution in [3.05, 3.63) is 29.3 Å². The van der Waals surface area contributed by atoms with Crippen molar-refractivity contribution >= 4 is 0 Å². The van der Waals surface area contributed by atoms with Crippen LogP contribution in [0.2, 0.25) is 0 Å². The van der Waals surface area contributed by atoms with Crippen LogP contribution < -0.4 is 10.5 Å². The molecule has 1 heterocycles. The van der Waals surface area contributed by atoms with Crippen LogP contribution in [0.25, 0.3) is 0 Å².